The van der Waals surface area contributed by atoms with Gasteiger partial charge in [-0.05, 0) is 41.8 Å². The van der Waals surface area contributed by atoms with Crippen LogP contribution in [-0.2, 0) is 11.2 Å². The monoisotopic (exact) mass is 303 g/mol. The molecule has 3 rings (SSSR count). The van der Waals surface area contributed by atoms with Gasteiger partial charge in [0.15, 0.2) is 11.6 Å². The Morgan fingerprint density at radius 1 is 1.14 bits per heavy atom. The number of hydrogen-bond acceptors (Lipinski definition) is 2. The predicted molar refractivity (Wildman–Crippen MR) is 79.9 cm³/mol. The number of aryl methyl sites for hydroxylation is 1. The molecule has 2 aromatic rings. The number of halogens is 2. The molecule has 0 N–H and O–H groups in total. The van der Waals surface area contributed by atoms with Gasteiger partial charge in [-0.1, -0.05) is 19.1 Å². The van der Waals surface area contributed by atoms with E-state index in [1.165, 1.54) is 11.0 Å². The maximum Gasteiger partial charge on any atom is 0.414 e. The summed E-state index contributed by atoms with van der Waals surface area (Å²) in [6.07, 6.45) is 0.384. The summed E-state index contributed by atoms with van der Waals surface area (Å²) in [5.74, 6) is -1.80. The molecule has 1 saturated heterocycles. The number of amides is 1. The zero-order valence-electron chi connectivity index (χ0n) is 12.1. The summed E-state index contributed by atoms with van der Waals surface area (Å²) in [4.78, 5) is 13.3. The lowest BCUT2D eigenvalue weighted by Gasteiger charge is -2.18. The highest BCUT2D eigenvalue weighted by Gasteiger charge is 2.26. The van der Waals surface area contributed by atoms with Gasteiger partial charge in [0, 0.05) is 5.56 Å². The minimum absolute atomic E-state index is 0.325. The molecule has 1 fully saturated rings. The Balaban J connectivity index is 2.14. The second-order valence-electron chi connectivity index (χ2n) is 5.10. The largest absolute Gasteiger partial charge is 0.447 e. The summed E-state index contributed by atoms with van der Waals surface area (Å²) in [6.45, 7) is 2.78. The summed E-state index contributed by atoms with van der Waals surface area (Å²) in [5.41, 5.74) is 2.92. The minimum Gasteiger partial charge on any atom is -0.447 e. The fraction of sp³-hybridized carbons (Fsp3) is 0.235. The summed E-state index contributed by atoms with van der Waals surface area (Å²) in [5, 5.41) is 0. The third-order valence-electron chi connectivity index (χ3n) is 3.75. The zero-order chi connectivity index (χ0) is 15.7. The van der Waals surface area contributed by atoms with Crippen LogP contribution in [0.1, 0.15) is 12.5 Å². The molecular weight excluding hydrogens is 288 g/mol. The van der Waals surface area contributed by atoms with Crippen LogP contribution >= 0.6 is 0 Å². The second-order valence-corrected chi connectivity index (χ2v) is 5.10. The zero-order valence-corrected chi connectivity index (χ0v) is 12.1. The van der Waals surface area contributed by atoms with Crippen LogP contribution in [0.25, 0.3) is 11.1 Å². The van der Waals surface area contributed by atoms with Crippen molar-refractivity contribution in [2.45, 2.75) is 13.3 Å². The third-order valence-corrected chi connectivity index (χ3v) is 3.75. The molecule has 0 bridgehead atoms. The number of benzene rings is 2. The van der Waals surface area contributed by atoms with Gasteiger partial charge in [0.05, 0.1) is 12.2 Å². The van der Waals surface area contributed by atoms with Crippen molar-refractivity contribution in [2.24, 2.45) is 0 Å². The maximum atomic E-state index is 13.6. The van der Waals surface area contributed by atoms with Crippen LogP contribution < -0.4 is 4.90 Å². The van der Waals surface area contributed by atoms with Gasteiger partial charge in [-0.2, -0.15) is 0 Å². The average molecular weight is 303 g/mol. The van der Waals surface area contributed by atoms with Crippen molar-refractivity contribution in [2.75, 3.05) is 18.1 Å². The van der Waals surface area contributed by atoms with E-state index in [4.69, 9.17) is 4.74 Å². The first kappa shape index (κ1) is 14.5. The van der Waals surface area contributed by atoms with Gasteiger partial charge in [0.25, 0.3) is 0 Å². The molecule has 0 aliphatic carbocycles. The Hall–Kier alpha value is -2.43. The van der Waals surface area contributed by atoms with Crippen molar-refractivity contribution in [3.63, 3.8) is 0 Å². The highest BCUT2D eigenvalue weighted by atomic mass is 19.2. The standard InChI is InChI=1S/C17H15F2NO2/c1-2-11-3-6-16(20-7-8-22-17(20)21)13(9-11)12-4-5-14(18)15(19)10-12/h3-6,9-10H,2,7-8H2,1H3. The number of carbonyl (C=O) groups excluding carboxylic acids is 1. The van der Waals surface area contributed by atoms with Gasteiger partial charge in [-0.15, -0.1) is 0 Å². The van der Waals surface area contributed by atoms with Gasteiger partial charge >= 0.3 is 6.09 Å². The molecule has 1 aliphatic heterocycles. The number of carbonyl (C=O) groups is 1. The first-order valence-electron chi connectivity index (χ1n) is 7.13. The summed E-state index contributed by atoms with van der Waals surface area (Å²) in [7, 11) is 0. The average Bonchev–Trinajstić information content (AvgIpc) is 2.95. The molecule has 0 unspecified atom stereocenters. The Labute approximate surface area is 127 Å². The lowest BCUT2D eigenvalue weighted by molar-refractivity contribution is 0.181. The van der Waals surface area contributed by atoms with Gasteiger partial charge in [0.2, 0.25) is 0 Å². The van der Waals surface area contributed by atoms with Gasteiger partial charge < -0.3 is 4.74 Å². The number of cyclic esters (lactones) is 1. The van der Waals surface area contributed by atoms with Gasteiger partial charge in [0.1, 0.15) is 6.61 Å². The molecule has 0 spiro atoms. The molecule has 5 heteroatoms. The van der Waals surface area contributed by atoms with Crippen molar-refractivity contribution in [3.05, 3.63) is 53.6 Å². The molecule has 1 amide bonds. The van der Waals surface area contributed by atoms with E-state index in [1.54, 1.807) is 0 Å². The fourth-order valence-corrected chi connectivity index (χ4v) is 2.55. The smallest absolute Gasteiger partial charge is 0.414 e. The summed E-state index contributed by atoms with van der Waals surface area (Å²) >= 11 is 0. The Bertz CT molecular complexity index is 731. The Morgan fingerprint density at radius 2 is 1.95 bits per heavy atom. The van der Waals surface area contributed by atoms with Crippen molar-refractivity contribution in [1.82, 2.24) is 0 Å². The number of anilines is 1. The molecule has 0 radical (unpaired) electrons. The van der Waals surface area contributed by atoms with Gasteiger partial charge in [-0.3, -0.25) is 4.90 Å². The molecular formula is C17H15F2NO2. The minimum atomic E-state index is -0.908. The van der Waals surface area contributed by atoms with Gasteiger partial charge in [-0.25, -0.2) is 13.6 Å². The van der Waals surface area contributed by atoms with Crippen LogP contribution in [0.4, 0.5) is 19.3 Å². The van der Waals surface area contributed by atoms with E-state index in [2.05, 4.69) is 0 Å². The lowest BCUT2D eigenvalue weighted by Crippen LogP contribution is -2.24. The number of hydrogen-bond donors (Lipinski definition) is 0. The molecule has 0 aromatic heterocycles. The van der Waals surface area contributed by atoms with E-state index in [0.29, 0.717) is 30.0 Å². The lowest BCUT2D eigenvalue weighted by atomic mass is 9.99. The van der Waals surface area contributed by atoms with Crippen LogP contribution in [0, 0.1) is 11.6 Å². The second kappa shape index (κ2) is 5.75. The van der Waals surface area contributed by atoms with Crippen LogP contribution in [-0.4, -0.2) is 19.2 Å². The fourth-order valence-electron chi connectivity index (χ4n) is 2.55. The summed E-state index contributed by atoms with van der Waals surface area (Å²) < 4.78 is 31.7. The molecule has 1 aliphatic rings. The molecule has 2 aromatic carbocycles. The molecule has 22 heavy (non-hydrogen) atoms. The Morgan fingerprint density at radius 3 is 2.59 bits per heavy atom. The van der Waals surface area contributed by atoms with E-state index in [9.17, 15) is 13.6 Å². The van der Waals surface area contributed by atoms with Crippen LogP contribution in [0.3, 0.4) is 0 Å². The SMILES string of the molecule is CCc1ccc(N2CCOC2=O)c(-c2ccc(F)c(F)c2)c1. The quantitative estimate of drug-likeness (QED) is 0.852. The third kappa shape index (κ3) is 2.54. The van der Waals surface area contributed by atoms with Crippen molar-refractivity contribution < 1.29 is 18.3 Å². The van der Waals surface area contributed by atoms with Crippen LogP contribution in [0.5, 0.6) is 0 Å². The predicted octanol–water partition coefficient (Wildman–Crippen LogP) is 4.15. The van der Waals surface area contributed by atoms with Crippen LogP contribution in [0.15, 0.2) is 36.4 Å². The highest BCUT2D eigenvalue weighted by molar-refractivity contribution is 5.95. The van der Waals surface area contributed by atoms with E-state index in [1.807, 2.05) is 25.1 Å². The van der Waals surface area contributed by atoms with E-state index in [0.717, 1.165) is 24.1 Å². The Kier molecular flexibility index (Phi) is 3.79. The molecule has 3 nitrogen and oxygen atoms in total. The van der Waals surface area contributed by atoms with E-state index >= 15 is 0 Å². The number of ether oxygens (including phenoxy) is 1. The highest BCUT2D eigenvalue weighted by Crippen LogP contribution is 2.34. The van der Waals surface area contributed by atoms with Crippen molar-refractivity contribution >= 4 is 11.8 Å². The topological polar surface area (TPSA) is 29.5 Å². The number of rotatable bonds is 3. The molecule has 1 heterocycles. The normalized spacial score (nSPS) is 14.3. The first-order chi connectivity index (χ1) is 10.6. The number of nitrogens with zero attached hydrogens (tertiary/aromatic N) is 1. The maximum absolute atomic E-state index is 13.6. The summed E-state index contributed by atoms with van der Waals surface area (Å²) in [6, 6.07) is 9.39. The molecule has 114 valence electrons. The molecule has 0 saturated carbocycles. The van der Waals surface area contributed by atoms with Crippen molar-refractivity contribution in [3.8, 4) is 11.1 Å². The van der Waals surface area contributed by atoms with Crippen LogP contribution in [0.2, 0.25) is 0 Å². The van der Waals surface area contributed by atoms with E-state index < -0.39 is 17.7 Å². The van der Waals surface area contributed by atoms with E-state index in [-0.39, 0.29) is 0 Å². The molecule has 0 atom stereocenters. The first-order valence-corrected chi connectivity index (χ1v) is 7.13. The van der Waals surface area contributed by atoms with Crippen molar-refractivity contribution in [1.29, 1.82) is 0 Å².